The Morgan fingerprint density at radius 3 is 2.43 bits per heavy atom. The van der Waals surface area contributed by atoms with Crippen LogP contribution < -0.4 is 0 Å². The molecule has 6 heteroatoms. The molecule has 2 aromatic carbocycles. The van der Waals surface area contributed by atoms with Gasteiger partial charge in [-0.1, -0.05) is 61.2 Å². The van der Waals surface area contributed by atoms with Gasteiger partial charge in [-0.2, -0.15) is 0 Å². The molecule has 4 aliphatic rings. The zero-order valence-electron chi connectivity index (χ0n) is 21.5. The summed E-state index contributed by atoms with van der Waals surface area (Å²) in [5, 5.41) is 13.0. The third kappa shape index (κ3) is 5.25. The monoisotopic (exact) mass is 537 g/mol. The van der Waals surface area contributed by atoms with Gasteiger partial charge in [-0.3, -0.25) is 0 Å². The standard InChI is InChI=1S/C31H38ClN2O2S/c32-27-11-13-29(14-12-27)37-22-24-20-34(17-15-23(24)16-18-34)21-28-19-33-30(36-28)31(35,25-7-3-1-4-8-25)26-9-5-2-6-10-26/h1,3-4,7-8,11-14,19,23-24,26,35H,2,5-6,9-10,15-18,20-22H2/q+1/t23?,24?,31-,34?/m0/s1. The molecule has 1 aliphatic carbocycles. The number of rotatable bonds is 8. The molecule has 1 aromatic heterocycles. The Morgan fingerprint density at radius 1 is 0.973 bits per heavy atom. The van der Waals surface area contributed by atoms with Gasteiger partial charge >= 0.3 is 0 Å². The van der Waals surface area contributed by atoms with Crippen LogP contribution in [0.5, 0.6) is 0 Å². The van der Waals surface area contributed by atoms with Crippen LogP contribution in [-0.2, 0) is 12.1 Å². The van der Waals surface area contributed by atoms with Gasteiger partial charge in [0.25, 0.3) is 0 Å². The third-order valence-corrected chi connectivity index (χ3v) is 10.7. The van der Waals surface area contributed by atoms with Crippen molar-refractivity contribution in [1.29, 1.82) is 0 Å². The van der Waals surface area contributed by atoms with Crippen LogP contribution in [0.1, 0.15) is 62.2 Å². The van der Waals surface area contributed by atoms with Crippen LogP contribution in [0.2, 0.25) is 5.02 Å². The van der Waals surface area contributed by atoms with E-state index in [0.29, 0.717) is 11.8 Å². The van der Waals surface area contributed by atoms with Crippen LogP contribution in [0.4, 0.5) is 0 Å². The molecule has 3 saturated heterocycles. The van der Waals surface area contributed by atoms with Gasteiger partial charge < -0.3 is 14.0 Å². The van der Waals surface area contributed by atoms with Crippen LogP contribution in [0.25, 0.3) is 0 Å². The predicted octanol–water partition coefficient (Wildman–Crippen LogP) is 7.29. The quantitative estimate of drug-likeness (QED) is 0.242. The zero-order chi connectivity index (χ0) is 25.3. The third-order valence-electron chi connectivity index (χ3n) is 9.30. The van der Waals surface area contributed by atoms with Crippen molar-refractivity contribution in [3.8, 4) is 0 Å². The number of oxazole rings is 1. The number of piperidine rings is 3. The molecule has 2 bridgehead atoms. The molecule has 196 valence electrons. The first-order valence-corrected chi connectivity index (χ1v) is 15.4. The van der Waals surface area contributed by atoms with E-state index >= 15 is 0 Å². The van der Waals surface area contributed by atoms with Gasteiger partial charge in [0.1, 0.15) is 6.54 Å². The molecule has 4 fully saturated rings. The van der Waals surface area contributed by atoms with E-state index in [-0.39, 0.29) is 5.92 Å². The molecule has 3 aromatic rings. The maximum Gasteiger partial charge on any atom is 0.231 e. The molecule has 4 heterocycles. The molecule has 1 N–H and O–H groups in total. The molecular formula is C31H38ClN2O2S+. The first kappa shape index (κ1) is 25.5. The summed E-state index contributed by atoms with van der Waals surface area (Å²) >= 11 is 8.04. The number of nitrogens with zero attached hydrogens (tertiary/aromatic N) is 2. The highest BCUT2D eigenvalue weighted by molar-refractivity contribution is 7.99. The Balaban J connectivity index is 1.19. The van der Waals surface area contributed by atoms with E-state index < -0.39 is 5.60 Å². The van der Waals surface area contributed by atoms with E-state index in [1.54, 1.807) is 0 Å². The van der Waals surface area contributed by atoms with Crippen molar-refractivity contribution in [3.63, 3.8) is 0 Å². The van der Waals surface area contributed by atoms with Gasteiger partial charge in [-0.25, -0.2) is 4.98 Å². The summed E-state index contributed by atoms with van der Waals surface area (Å²) in [7, 11) is 0. The fraction of sp³-hybridized carbons (Fsp3) is 0.516. The SMILES string of the molecule is O[C@](c1ccccc1)(c1ncc(C[N+]23CCC(CC2)C(CSc2ccc(Cl)cc2)C3)o1)C1CCCCC1. The molecule has 0 spiro atoms. The van der Waals surface area contributed by atoms with Crippen molar-refractivity contribution in [1.82, 2.24) is 4.98 Å². The Morgan fingerprint density at radius 2 is 1.70 bits per heavy atom. The molecule has 37 heavy (non-hydrogen) atoms. The minimum Gasteiger partial charge on any atom is -0.436 e. The lowest BCUT2D eigenvalue weighted by atomic mass is 9.73. The molecule has 4 nitrogen and oxygen atoms in total. The molecular weight excluding hydrogens is 500 g/mol. The Hall–Kier alpha value is -1.79. The van der Waals surface area contributed by atoms with Crippen molar-refractivity contribution >= 4 is 23.4 Å². The Kier molecular flexibility index (Phi) is 7.41. The summed E-state index contributed by atoms with van der Waals surface area (Å²) in [6, 6.07) is 18.3. The molecule has 7 rings (SSSR count). The first-order valence-electron chi connectivity index (χ1n) is 14.0. The highest BCUT2D eigenvalue weighted by Crippen LogP contribution is 2.45. The first-order chi connectivity index (χ1) is 18.0. The summed E-state index contributed by atoms with van der Waals surface area (Å²) < 4.78 is 7.57. The summed E-state index contributed by atoms with van der Waals surface area (Å²) in [4.78, 5) is 6.05. The van der Waals surface area contributed by atoms with Crippen LogP contribution in [0, 0.1) is 17.8 Å². The average Bonchev–Trinajstić information content (AvgIpc) is 3.42. The van der Waals surface area contributed by atoms with E-state index in [1.165, 1.54) is 43.8 Å². The van der Waals surface area contributed by atoms with Crippen molar-refractivity contribution in [2.24, 2.45) is 17.8 Å². The number of halogens is 1. The fourth-order valence-electron chi connectivity index (χ4n) is 7.22. The molecule has 3 aliphatic heterocycles. The maximum atomic E-state index is 12.2. The summed E-state index contributed by atoms with van der Waals surface area (Å²) in [6.07, 6.45) is 10.1. The van der Waals surface area contributed by atoms with E-state index in [4.69, 9.17) is 21.0 Å². The van der Waals surface area contributed by atoms with E-state index in [9.17, 15) is 5.11 Å². The van der Waals surface area contributed by atoms with Gasteiger partial charge in [-0.05, 0) is 48.6 Å². The van der Waals surface area contributed by atoms with Gasteiger partial charge in [0, 0.05) is 40.3 Å². The highest BCUT2D eigenvalue weighted by atomic mass is 35.5. The van der Waals surface area contributed by atoms with Crippen molar-refractivity contribution < 1.29 is 14.0 Å². The second kappa shape index (κ2) is 10.8. The molecule has 0 amide bonds. The molecule has 1 saturated carbocycles. The molecule has 0 radical (unpaired) electrons. The summed E-state index contributed by atoms with van der Waals surface area (Å²) in [5.74, 6) is 4.25. The Bertz CT molecular complexity index is 1170. The van der Waals surface area contributed by atoms with Crippen LogP contribution >= 0.6 is 23.4 Å². The van der Waals surface area contributed by atoms with E-state index in [1.807, 2.05) is 60.4 Å². The summed E-state index contributed by atoms with van der Waals surface area (Å²) in [5.41, 5.74) is -0.257. The second-order valence-electron chi connectivity index (χ2n) is 11.6. The number of thioether (sulfide) groups is 1. The fourth-order valence-corrected chi connectivity index (χ4v) is 8.45. The average molecular weight is 538 g/mol. The van der Waals surface area contributed by atoms with Crippen LogP contribution in [-0.4, -0.2) is 40.0 Å². The number of aliphatic hydroxyl groups is 1. The normalized spacial score (nSPS) is 27.7. The lowest BCUT2D eigenvalue weighted by Crippen LogP contribution is -2.61. The predicted molar refractivity (Wildman–Crippen MR) is 149 cm³/mol. The molecule has 2 atom stereocenters. The van der Waals surface area contributed by atoms with E-state index in [0.717, 1.165) is 64.7 Å². The van der Waals surface area contributed by atoms with Crippen molar-refractivity contribution in [3.05, 3.63) is 83.0 Å². The smallest absolute Gasteiger partial charge is 0.231 e. The number of hydrogen-bond donors (Lipinski definition) is 1. The lowest BCUT2D eigenvalue weighted by molar-refractivity contribution is -0.959. The second-order valence-corrected chi connectivity index (χ2v) is 13.1. The van der Waals surface area contributed by atoms with Gasteiger partial charge in [0.2, 0.25) is 5.89 Å². The van der Waals surface area contributed by atoms with E-state index in [2.05, 4.69) is 12.1 Å². The number of benzene rings is 2. The van der Waals surface area contributed by atoms with Gasteiger partial charge in [0.15, 0.2) is 11.4 Å². The topological polar surface area (TPSA) is 46.3 Å². The minimum absolute atomic E-state index is 0.141. The number of quaternary nitrogens is 1. The molecule has 1 unspecified atom stereocenters. The number of fused-ring (bicyclic) bond motifs is 3. The largest absolute Gasteiger partial charge is 0.436 e. The number of hydrogen-bond acceptors (Lipinski definition) is 4. The summed E-state index contributed by atoms with van der Waals surface area (Å²) in [6.45, 7) is 4.51. The van der Waals surface area contributed by atoms with Crippen molar-refractivity contribution in [2.45, 2.75) is 62.0 Å². The van der Waals surface area contributed by atoms with Gasteiger partial charge in [0.05, 0.1) is 25.8 Å². The minimum atomic E-state index is -1.16. The zero-order valence-corrected chi connectivity index (χ0v) is 23.1. The number of aromatic nitrogens is 1. The lowest BCUT2D eigenvalue weighted by Gasteiger charge is -2.52. The maximum absolute atomic E-state index is 12.2. The highest BCUT2D eigenvalue weighted by Gasteiger charge is 2.48. The van der Waals surface area contributed by atoms with Crippen LogP contribution in [0.3, 0.4) is 0 Å². The van der Waals surface area contributed by atoms with Gasteiger partial charge in [-0.15, -0.1) is 11.8 Å². The van der Waals surface area contributed by atoms with Crippen molar-refractivity contribution in [2.75, 3.05) is 25.4 Å². The van der Waals surface area contributed by atoms with Crippen LogP contribution in [0.15, 0.2) is 70.1 Å². The Labute approximate surface area is 230 Å².